The molecule has 1 aromatic rings. The van der Waals surface area contributed by atoms with E-state index in [4.69, 9.17) is 17.3 Å². The van der Waals surface area contributed by atoms with Crippen molar-refractivity contribution in [1.29, 1.82) is 0 Å². The number of halogens is 2. The molecule has 1 amide bonds. The summed E-state index contributed by atoms with van der Waals surface area (Å²) in [6.45, 7) is 0.952. The molecule has 110 valence electrons. The maximum Gasteiger partial charge on any atom is 0.226 e. The van der Waals surface area contributed by atoms with Gasteiger partial charge in [0.2, 0.25) is 5.91 Å². The third-order valence-corrected chi connectivity index (χ3v) is 4.43. The first-order valence-corrected chi connectivity index (χ1v) is 7.29. The quantitative estimate of drug-likeness (QED) is 0.929. The molecule has 1 aliphatic carbocycles. The Labute approximate surface area is 123 Å². The van der Waals surface area contributed by atoms with Gasteiger partial charge in [0.05, 0.1) is 0 Å². The fourth-order valence-corrected chi connectivity index (χ4v) is 3.14. The highest BCUT2D eigenvalue weighted by atomic mass is 35.5. The fraction of sp³-hybridized carbons (Fsp3) is 0.533. The van der Waals surface area contributed by atoms with Gasteiger partial charge in [-0.15, -0.1) is 0 Å². The molecule has 0 radical (unpaired) electrons. The van der Waals surface area contributed by atoms with Crippen molar-refractivity contribution in [3.05, 3.63) is 34.6 Å². The summed E-state index contributed by atoms with van der Waals surface area (Å²) in [5.41, 5.74) is 6.48. The van der Waals surface area contributed by atoms with Gasteiger partial charge >= 0.3 is 0 Å². The second-order valence-electron chi connectivity index (χ2n) is 5.46. The number of carbonyl (C=O) groups excluding carboxylic acids is 1. The Morgan fingerprint density at radius 3 is 2.90 bits per heavy atom. The third-order valence-electron chi connectivity index (χ3n) is 4.08. The summed E-state index contributed by atoms with van der Waals surface area (Å²) in [4.78, 5) is 14.1. The van der Waals surface area contributed by atoms with Crippen LogP contribution < -0.4 is 5.73 Å². The second kappa shape index (κ2) is 6.55. The Morgan fingerprint density at radius 1 is 1.50 bits per heavy atom. The minimum absolute atomic E-state index is 0.0178. The molecular weight excluding hydrogens is 279 g/mol. The van der Waals surface area contributed by atoms with Crippen LogP contribution in [0.4, 0.5) is 4.39 Å². The topological polar surface area (TPSA) is 46.3 Å². The van der Waals surface area contributed by atoms with Crippen LogP contribution >= 0.6 is 11.6 Å². The van der Waals surface area contributed by atoms with Gasteiger partial charge in [0.1, 0.15) is 5.82 Å². The van der Waals surface area contributed by atoms with E-state index in [9.17, 15) is 9.18 Å². The van der Waals surface area contributed by atoms with Crippen LogP contribution in [0.15, 0.2) is 18.2 Å². The van der Waals surface area contributed by atoms with Crippen LogP contribution in [-0.2, 0) is 11.3 Å². The molecule has 0 bridgehead atoms. The molecule has 3 nitrogen and oxygen atoms in total. The maximum absolute atomic E-state index is 13.0. The van der Waals surface area contributed by atoms with Crippen molar-refractivity contribution in [2.45, 2.75) is 25.8 Å². The van der Waals surface area contributed by atoms with Crippen LogP contribution in [0.2, 0.25) is 5.02 Å². The van der Waals surface area contributed by atoms with E-state index in [1.807, 2.05) is 0 Å². The number of carbonyl (C=O) groups is 1. The molecule has 0 unspecified atom stereocenters. The summed E-state index contributed by atoms with van der Waals surface area (Å²) in [5, 5.41) is 0.353. The van der Waals surface area contributed by atoms with Crippen molar-refractivity contribution in [3.63, 3.8) is 0 Å². The molecule has 5 heteroatoms. The first-order chi connectivity index (χ1) is 9.52. The smallest absolute Gasteiger partial charge is 0.226 e. The summed E-state index contributed by atoms with van der Waals surface area (Å²) in [6.07, 6.45) is 2.99. The van der Waals surface area contributed by atoms with Crippen molar-refractivity contribution < 1.29 is 9.18 Å². The molecule has 1 fully saturated rings. The molecule has 1 aliphatic rings. The fourth-order valence-electron chi connectivity index (χ4n) is 2.91. The Balaban J connectivity index is 2.04. The zero-order valence-electron chi connectivity index (χ0n) is 11.6. The number of nitrogens with zero attached hydrogens (tertiary/aromatic N) is 1. The Kier molecular flexibility index (Phi) is 5.00. The lowest BCUT2D eigenvalue weighted by Crippen LogP contribution is -2.36. The van der Waals surface area contributed by atoms with Crippen molar-refractivity contribution in [3.8, 4) is 0 Å². The van der Waals surface area contributed by atoms with E-state index in [0.29, 0.717) is 18.1 Å². The van der Waals surface area contributed by atoms with Gasteiger partial charge in [-0.3, -0.25) is 4.79 Å². The number of amides is 1. The number of hydrogen-bond donors (Lipinski definition) is 1. The molecule has 0 aromatic heterocycles. The van der Waals surface area contributed by atoms with Gasteiger partial charge in [0.15, 0.2) is 0 Å². The highest BCUT2D eigenvalue weighted by Gasteiger charge is 2.33. The molecule has 2 atom stereocenters. The van der Waals surface area contributed by atoms with Crippen LogP contribution in [0.3, 0.4) is 0 Å². The van der Waals surface area contributed by atoms with Crippen LogP contribution in [-0.4, -0.2) is 24.4 Å². The minimum atomic E-state index is -0.369. The van der Waals surface area contributed by atoms with E-state index < -0.39 is 0 Å². The molecule has 0 saturated heterocycles. The summed E-state index contributed by atoms with van der Waals surface area (Å²) < 4.78 is 13.0. The van der Waals surface area contributed by atoms with E-state index in [0.717, 1.165) is 24.8 Å². The Morgan fingerprint density at radius 2 is 2.25 bits per heavy atom. The highest BCUT2D eigenvalue weighted by molar-refractivity contribution is 6.31. The van der Waals surface area contributed by atoms with Gasteiger partial charge in [-0.1, -0.05) is 24.1 Å². The van der Waals surface area contributed by atoms with Crippen LogP contribution in [0, 0.1) is 17.7 Å². The van der Waals surface area contributed by atoms with Crippen molar-refractivity contribution in [2.75, 3.05) is 13.6 Å². The van der Waals surface area contributed by atoms with Crippen LogP contribution in [0.1, 0.15) is 24.8 Å². The summed E-state index contributed by atoms with van der Waals surface area (Å²) >= 11 is 6.00. The lowest BCUT2D eigenvalue weighted by molar-refractivity contribution is -0.135. The van der Waals surface area contributed by atoms with E-state index in [1.165, 1.54) is 12.1 Å². The van der Waals surface area contributed by atoms with Gasteiger partial charge in [0, 0.05) is 24.5 Å². The molecular formula is C15H20ClFN2O. The first kappa shape index (κ1) is 15.3. The Hall–Kier alpha value is -1.13. The highest BCUT2D eigenvalue weighted by Crippen LogP contribution is 2.32. The molecule has 1 aromatic carbocycles. The first-order valence-electron chi connectivity index (χ1n) is 6.92. The van der Waals surface area contributed by atoms with Gasteiger partial charge in [-0.05, 0) is 43.0 Å². The van der Waals surface area contributed by atoms with Gasteiger partial charge < -0.3 is 10.6 Å². The van der Waals surface area contributed by atoms with E-state index in [1.54, 1.807) is 18.0 Å². The Bertz CT molecular complexity index is 495. The van der Waals surface area contributed by atoms with Gasteiger partial charge in [0.25, 0.3) is 0 Å². The van der Waals surface area contributed by atoms with Gasteiger partial charge in [-0.25, -0.2) is 4.39 Å². The zero-order valence-corrected chi connectivity index (χ0v) is 12.4. The van der Waals surface area contributed by atoms with Crippen LogP contribution in [0.25, 0.3) is 0 Å². The molecule has 0 spiro atoms. The molecule has 0 heterocycles. The average Bonchev–Trinajstić information content (AvgIpc) is 2.89. The lowest BCUT2D eigenvalue weighted by Gasteiger charge is -2.25. The molecule has 0 aliphatic heterocycles. The predicted molar refractivity (Wildman–Crippen MR) is 77.8 cm³/mol. The van der Waals surface area contributed by atoms with E-state index in [2.05, 4.69) is 0 Å². The minimum Gasteiger partial charge on any atom is -0.341 e. The average molecular weight is 299 g/mol. The van der Waals surface area contributed by atoms with Gasteiger partial charge in [-0.2, -0.15) is 0 Å². The predicted octanol–water partition coefficient (Wildman–Crippen LogP) is 2.81. The normalized spacial score (nSPS) is 22.0. The lowest BCUT2D eigenvalue weighted by atomic mass is 9.95. The summed E-state index contributed by atoms with van der Waals surface area (Å²) in [7, 11) is 1.76. The standard InChI is InChI=1S/C15H20ClFN2O/c1-19(9-11-5-6-12(17)7-14(11)16)15(20)13-4-2-3-10(13)8-18/h5-7,10,13H,2-4,8-9,18H2,1H3/t10-,13-/m1/s1. The molecule has 1 saturated carbocycles. The van der Waals surface area contributed by atoms with Crippen LogP contribution in [0.5, 0.6) is 0 Å². The van der Waals surface area contributed by atoms with Crippen molar-refractivity contribution in [2.24, 2.45) is 17.6 Å². The molecule has 2 rings (SSSR count). The largest absolute Gasteiger partial charge is 0.341 e. The maximum atomic E-state index is 13.0. The number of benzene rings is 1. The SMILES string of the molecule is CN(Cc1ccc(F)cc1Cl)C(=O)[C@@H]1CCC[C@@H]1CN. The number of hydrogen-bond acceptors (Lipinski definition) is 2. The monoisotopic (exact) mass is 298 g/mol. The molecule has 2 N–H and O–H groups in total. The van der Waals surface area contributed by atoms with Crippen molar-refractivity contribution >= 4 is 17.5 Å². The summed E-state index contributed by atoms with van der Waals surface area (Å²) in [6, 6.07) is 4.25. The second-order valence-corrected chi connectivity index (χ2v) is 5.87. The zero-order chi connectivity index (χ0) is 14.7. The van der Waals surface area contributed by atoms with E-state index in [-0.39, 0.29) is 23.6 Å². The summed E-state index contributed by atoms with van der Waals surface area (Å²) in [5.74, 6) is 0.0444. The van der Waals surface area contributed by atoms with Crippen molar-refractivity contribution in [1.82, 2.24) is 4.90 Å². The number of rotatable bonds is 4. The van der Waals surface area contributed by atoms with E-state index >= 15 is 0 Å². The number of nitrogens with two attached hydrogens (primary N) is 1. The molecule has 20 heavy (non-hydrogen) atoms. The third kappa shape index (κ3) is 3.30.